The van der Waals surface area contributed by atoms with Gasteiger partial charge in [-0.3, -0.25) is 0 Å². The lowest BCUT2D eigenvalue weighted by Gasteiger charge is -2.28. The Kier molecular flexibility index (Phi) is 2.82. The fraction of sp³-hybridized carbons (Fsp3) is 0.545. The third kappa shape index (κ3) is 1.58. The van der Waals surface area contributed by atoms with E-state index < -0.39 is 0 Å². The average Bonchev–Trinajstić information content (AvgIpc) is 2.41. The van der Waals surface area contributed by atoms with Crippen LogP contribution in [0.1, 0.15) is 25.7 Å². The van der Waals surface area contributed by atoms with Gasteiger partial charge in [0.05, 0.1) is 7.05 Å². The second kappa shape index (κ2) is 3.80. The van der Waals surface area contributed by atoms with Crippen molar-refractivity contribution in [2.75, 3.05) is 13.6 Å². The van der Waals surface area contributed by atoms with Gasteiger partial charge in [-0.25, -0.2) is 3.89 Å². The van der Waals surface area contributed by atoms with Crippen LogP contribution >= 0.6 is 24.2 Å². The van der Waals surface area contributed by atoms with Crippen molar-refractivity contribution in [2.45, 2.75) is 25.7 Å². The molecule has 1 atom stereocenters. The molecule has 0 saturated heterocycles. The van der Waals surface area contributed by atoms with E-state index in [4.69, 9.17) is 12.2 Å². The minimum atomic E-state index is 0.928. The van der Waals surface area contributed by atoms with Crippen LogP contribution < -0.4 is 0 Å². The van der Waals surface area contributed by atoms with Gasteiger partial charge in [-0.1, -0.05) is 18.8 Å². The summed E-state index contributed by atoms with van der Waals surface area (Å²) in [5.74, 6) is 0. The summed E-state index contributed by atoms with van der Waals surface area (Å²) in [6.07, 6.45) is 7.07. The summed E-state index contributed by atoms with van der Waals surface area (Å²) in [4.78, 5) is 0. The number of likely N-dealkylation sites (N-methyl/N-ethyl adjacent to an activating group) is 1. The highest BCUT2D eigenvalue weighted by Crippen LogP contribution is 2.46. The maximum absolute atomic E-state index is 5.44. The Labute approximate surface area is 95.6 Å². The molecule has 0 unspecified atom stereocenters. The summed E-state index contributed by atoms with van der Waals surface area (Å²) in [7, 11) is 2.26. The molecule has 0 saturated carbocycles. The normalized spacial score (nSPS) is 31.9. The summed E-state index contributed by atoms with van der Waals surface area (Å²) in [5, 5.41) is 0. The van der Waals surface area contributed by atoms with Crippen molar-refractivity contribution in [2.24, 2.45) is 0 Å². The number of allylic oxidation sites excluding steroid dienone is 1. The van der Waals surface area contributed by atoms with Gasteiger partial charge >= 0.3 is 0 Å². The zero-order valence-electron chi connectivity index (χ0n) is 8.58. The third-order valence-electron chi connectivity index (χ3n) is 3.02. The number of thiocarbonyl (C=S) groups is 1. The van der Waals surface area contributed by atoms with Gasteiger partial charge in [-0.15, -0.1) is 0 Å². The van der Waals surface area contributed by atoms with E-state index in [0.29, 0.717) is 0 Å². The van der Waals surface area contributed by atoms with Crippen LogP contribution in [0.4, 0.5) is 0 Å². The molecule has 0 fully saturated rings. The summed E-state index contributed by atoms with van der Waals surface area (Å²) in [6.45, 7) is 4.83. The molecule has 0 aromatic carbocycles. The van der Waals surface area contributed by atoms with E-state index in [0.717, 1.165) is 14.6 Å². The highest BCUT2D eigenvalue weighted by atomic mass is 32.2. The Hall–Kier alpha value is -0.120. The van der Waals surface area contributed by atoms with Crippen molar-refractivity contribution in [1.29, 1.82) is 0 Å². The molecule has 2 aliphatic rings. The van der Waals surface area contributed by atoms with Gasteiger partial charge in [-0.2, -0.15) is 0 Å². The Balaban J connectivity index is 2.35. The van der Waals surface area contributed by atoms with E-state index in [-0.39, 0.29) is 0 Å². The van der Waals surface area contributed by atoms with Gasteiger partial charge in [0.2, 0.25) is 0 Å². The molecule has 1 nitrogen and oxygen atoms in total. The average molecular weight is 226 g/mol. The molecular weight excluding hydrogens is 210 g/mol. The van der Waals surface area contributed by atoms with Crippen LogP contribution in [0.3, 0.4) is 0 Å². The van der Waals surface area contributed by atoms with Gasteiger partial charge in [0.1, 0.15) is 28.4 Å². The van der Waals surface area contributed by atoms with Crippen LogP contribution in [-0.2, 0) is 0 Å². The number of rotatable bonds is 2. The Morgan fingerprint density at radius 2 is 2.21 bits per heavy atom. The van der Waals surface area contributed by atoms with Crippen LogP contribution in [0.15, 0.2) is 23.9 Å². The molecule has 76 valence electrons. The van der Waals surface area contributed by atoms with Gasteiger partial charge in [0.25, 0.3) is 0 Å². The lowest BCUT2D eigenvalue weighted by Crippen LogP contribution is -2.33. The predicted molar refractivity (Wildman–Crippen MR) is 66.9 cm³/mol. The van der Waals surface area contributed by atoms with Crippen molar-refractivity contribution >= 4 is 28.4 Å². The van der Waals surface area contributed by atoms with Crippen LogP contribution in [0.25, 0.3) is 0 Å². The first-order valence-corrected chi connectivity index (χ1v) is 6.28. The molecule has 1 heterocycles. The molecule has 14 heavy (non-hydrogen) atoms. The topological polar surface area (TPSA) is 0 Å². The highest BCUT2D eigenvalue weighted by molar-refractivity contribution is 8.20. The second-order valence-corrected chi connectivity index (χ2v) is 6.15. The second-order valence-electron chi connectivity index (χ2n) is 4.08. The van der Waals surface area contributed by atoms with Crippen LogP contribution in [0.5, 0.6) is 0 Å². The van der Waals surface area contributed by atoms with Crippen molar-refractivity contribution in [3.8, 4) is 0 Å². The fourth-order valence-electron chi connectivity index (χ4n) is 2.32. The standard InChI is InChI=1S/C11H16NS2/c1-3-8-12(2)10-7-5-4-6-9(10)11(13)14-12/h3H,1,4-8H2,2H3/q+1/t12-/m0/s1. The molecule has 2 rings (SSSR count). The molecule has 0 bridgehead atoms. The van der Waals surface area contributed by atoms with Gasteiger partial charge in [-0.05, 0) is 25.3 Å². The number of quaternary nitrogens is 1. The first-order valence-electron chi connectivity index (χ1n) is 5.10. The third-order valence-corrected chi connectivity index (χ3v) is 4.67. The van der Waals surface area contributed by atoms with Crippen LogP contribution in [0.2, 0.25) is 0 Å². The van der Waals surface area contributed by atoms with E-state index in [9.17, 15) is 0 Å². The van der Waals surface area contributed by atoms with Crippen molar-refractivity contribution in [1.82, 2.24) is 0 Å². The minimum absolute atomic E-state index is 0.928. The number of nitrogens with zero attached hydrogens (tertiary/aromatic N) is 1. The molecule has 1 aliphatic carbocycles. The molecule has 0 amide bonds. The van der Waals surface area contributed by atoms with Gasteiger partial charge in [0.15, 0.2) is 0 Å². The molecule has 1 aliphatic heterocycles. The Morgan fingerprint density at radius 1 is 1.50 bits per heavy atom. The molecular formula is C11H16NS2+. The number of hydrogen-bond donors (Lipinski definition) is 0. The quantitative estimate of drug-likeness (QED) is 0.306. The monoisotopic (exact) mass is 226 g/mol. The maximum atomic E-state index is 5.44. The largest absolute Gasteiger partial charge is 0.227 e. The molecule has 0 aromatic rings. The summed E-state index contributed by atoms with van der Waals surface area (Å²) in [6, 6.07) is 0. The Bertz CT molecular complexity index is 319. The smallest absolute Gasteiger partial charge is 0.138 e. The van der Waals surface area contributed by atoms with Gasteiger partial charge < -0.3 is 0 Å². The zero-order chi connectivity index (χ0) is 10.2. The van der Waals surface area contributed by atoms with E-state index in [1.165, 1.54) is 31.3 Å². The van der Waals surface area contributed by atoms with E-state index >= 15 is 0 Å². The fourth-order valence-corrected chi connectivity index (χ4v) is 4.22. The van der Waals surface area contributed by atoms with Gasteiger partial charge in [0, 0.05) is 12.0 Å². The summed E-state index contributed by atoms with van der Waals surface area (Å²) < 4.78 is 2.06. The lowest BCUT2D eigenvalue weighted by molar-refractivity contribution is -0.723. The first kappa shape index (κ1) is 10.4. The molecule has 3 heteroatoms. The van der Waals surface area contributed by atoms with Crippen LogP contribution in [-0.4, -0.2) is 21.7 Å². The van der Waals surface area contributed by atoms with E-state index in [1.54, 1.807) is 5.70 Å². The Morgan fingerprint density at radius 3 is 2.93 bits per heavy atom. The maximum Gasteiger partial charge on any atom is 0.138 e. The highest BCUT2D eigenvalue weighted by Gasteiger charge is 2.42. The lowest BCUT2D eigenvalue weighted by atomic mass is 9.97. The molecule has 0 aromatic heterocycles. The molecule has 0 radical (unpaired) electrons. The SMILES string of the molecule is C=CC[N@+]1(C)SC(=S)C2=C1CCCC2. The van der Waals surface area contributed by atoms with Crippen molar-refractivity contribution in [3.63, 3.8) is 0 Å². The number of hydrogen-bond acceptors (Lipinski definition) is 2. The van der Waals surface area contributed by atoms with Crippen LogP contribution in [0, 0.1) is 0 Å². The zero-order valence-corrected chi connectivity index (χ0v) is 10.2. The van der Waals surface area contributed by atoms with E-state index in [1.807, 2.05) is 18.0 Å². The predicted octanol–water partition coefficient (Wildman–Crippen LogP) is 3.44. The summed E-state index contributed by atoms with van der Waals surface area (Å²) in [5.41, 5.74) is 3.03. The minimum Gasteiger partial charge on any atom is -0.227 e. The van der Waals surface area contributed by atoms with Crippen molar-refractivity contribution < 1.29 is 3.89 Å². The first-order chi connectivity index (χ1) is 6.67. The molecule has 0 N–H and O–H groups in total. The van der Waals surface area contributed by atoms with Crippen molar-refractivity contribution in [3.05, 3.63) is 23.9 Å². The van der Waals surface area contributed by atoms with E-state index in [2.05, 4.69) is 13.6 Å². The molecule has 0 spiro atoms. The summed E-state index contributed by atoms with van der Waals surface area (Å²) >= 11 is 7.26.